The van der Waals surface area contributed by atoms with Crippen LogP contribution < -0.4 is 4.74 Å². The fourth-order valence-corrected chi connectivity index (χ4v) is 3.05. The Labute approximate surface area is 156 Å². The molecular formula is C24H26O2. The molecule has 26 heavy (non-hydrogen) atoms. The molecule has 3 rings (SSSR count). The van der Waals surface area contributed by atoms with E-state index in [9.17, 15) is 5.11 Å². The first-order chi connectivity index (χ1) is 12.6. The van der Waals surface area contributed by atoms with Gasteiger partial charge in [0.1, 0.15) is 12.4 Å². The molecule has 0 radical (unpaired) electrons. The van der Waals surface area contributed by atoms with Gasteiger partial charge in [-0.15, -0.1) is 0 Å². The van der Waals surface area contributed by atoms with Crippen LogP contribution in [0.25, 0.3) is 11.1 Å². The van der Waals surface area contributed by atoms with Crippen molar-refractivity contribution >= 4 is 0 Å². The highest BCUT2D eigenvalue weighted by atomic mass is 16.5. The first-order valence-electron chi connectivity index (χ1n) is 9.15. The van der Waals surface area contributed by atoms with Gasteiger partial charge in [-0.2, -0.15) is 0 Å². The molecule has 0 atom stereocenters. The van der Waals surface area contributed by atoms with Crippen LogP contribution in [0.5, 0.6) is 5.75 Å². The van der Waals surface area contributed by atoms with E-state index in [0.29, 0.717) is 12.5 Å². The van der Waals surface area contributed by atoms with Crippen molar-refractivity contribution in [2.45, 2.75) is 33.5 Å². The maximum Gasteiger partial charge on any atom is 0.120 e. The average molecular weight is 346 g/mol. The molecule has 0 aliphatic carbocycles. The molecule has 0 aromatic heterocycles. The van der Waals surface area contributed by atoms with Crippen LogP contribution in [0.1, 0.15) is 30.5 Å². The molecule has 0 heterocycles. The summed E-state index contributed by atoms with van der Waals surface area (Å²) in [6, 6.07) is 24.7. The normalized spacial score (nSPS) is 10.9. The highest BCUT2D eigenvalue weighted by molar-refractivity contribution is 5.66. The van der Waals surface area contributed by atoms with E-state index in [1.54, 1.807) is 0 Å². The average Bonchev–Trinajstić information content (AvgIpc) is 2.67. The third-order valence-corrected chi connectivity index (χ3v) is 4.33. The van der Waals surface area contributed by atoms with E-state index in [1.165, 1.54) is 5.56 Å². The van der Waals surface area contributed by atoms with E-state index in [4.69, 9.17) is 4.74 Å². The molecule has 0 bridgehead atoms. The van der Waals surface area contributed by atoms with E-state index in [1.807, 2.05) is 48.5 Å². The second-order valence-electron chi connectivity index (χ2n) is 7.09. The van der Waals surface area contributed by atoms with Gasteiger partial charge in [0.05, 0.1) is 6.61 Å². The summed E-state index contributed by atoms with van der Waals surface area (Å²) in [6.45, 7) is 4.98. The molecule has 0 spiro atoms. The van der Waals surface area contributed by atoms with Crippen molar-refractivity contribution < 1.29 is 9.84 Å². The Morgan fingerprint density at radius 3 is 2.15 bits per heavy atom. The number of aliphatic hydroxyl groups is 1. The van der Waals surface area contributed by atoms with Gasteiger partial charge in [-0.05, 0) is 58.4 Å². The standard InChI is InChI=1S/C24H26O2/c1-18(2)12-19-8-10-22(11-9-19)23-13-21(16-25)14-24(15-23)26-17-20-6-4-3-5-7-20/h3-11,13-15,18,25H,12,16-17H2,1-2H3. The highest BCUT2D eigenvalue weighted by Crippen LogP contribution is 2.27. The lowest BCUT2D eigenvalue weighted by Crippen LogP contribution is -1.97. The van der Waals surface area contributed by atoms with Crippen LogP contribution in [-0.4, -0.2) is 5.11 Å². The van der Waals surface area contributed by atoms with Gasteiger partial charge >= 0.3 is 0 Å². The Hall–Kier alpha value is -2.58. The number of benzene rings is 3. The van der Waals surface area contributed by atoms with Crippen LogP contribution in [0.3, 0.4) is 0 Å². The van der Waals surface area contributed by atoms with Crippen LogP contribution in [-0.2, 0) is 19.6 Å². The summed E-state index contributed by atoms with van der Waals surface area (Å²) in [5.74, 6) is 1.43. The van der Waals surface area contributed by atoms with Crippen LogP contribution in [0.4, 0.5) is 0 Å². The Morgan fingerprint density at radius 1 is 0.769 bits per heavy atom. The number of aliphatic hydroxyl groups excluding tert-OH is 1. The fraction of sp³-hybridized carbons (Fsp3) is 0.250. The quantitative estimate of drug-likeness (QED) is 0.601. The molecule has 3 aromatic carbocycles. The van der Waals surface area contributed by atoms with Gasteiger partial charge in [-0.25, -0.2) is 0 Å². The first-order valence-corrected chi connectivity index (χ1v) is 9.15. The molecule has 134 valence electrons. The minimum atomic E-state index is 0.000962. The lowest BCUT2D eigenvalue weighted by Gasteiger charge is -2.12. The van der Waals surface area contributed by atoms with Gasteiger partial charge < -0.3 is 9.84 Å². The molecule has 0 amide bonds. The molecule has 2 nitrogen and oxygen atoms in total. The number of hydrogen-bond donors (Lipinski definition) is 1. The highest BCUT2D eigenvalue weighted by Gasteiger charge is 2.06. The van der Waals surface area contributed by atoms with Gasteiger partial charge in [0, 0.05) is 0 Å². The second-order valence-corrected chi connectivity index (χ2v) is 7.09. The Bertz CT molecular complexity index is 821. The molecule has 0 aliphatic heterocycles. The zero-order chi connectivity index (χ0) is 18.4. The predicted molar refractivity (Wildman–Crippen MR) is 107 cm³/mol. The minimum absolute atomic E-state index is 0.000962. The van der Waals surface area contributed by atoms with Gasteiger partial charge in [-0.1, -0.05) is 68.4 Å². The molecular weight excluding hydrogens is 320 g/mol. The van der Waals surface area contributed by atoms with Crippen LogP contribution in [0.2, 0.25) is 0 Å². The van der Waals surface area contributed by atoms with Crippen molar-refractivity contribution in [1.82, 2.24) is 0 Å². The van der Waals surface area contributed by atoms with Gasteiger partial charge in [0.2, 0.25) is 0 Å². The Kier molecular flexibility index (Phi) is 6.08. The molecule has 0 unspecified atom stereocenters. The number of hydrogen-bond acceptors (Lipinski definition) is 2. The maximum atomic E-state index is 9.61. The Morgan fingerprint density at radius 2 is 1.50 bits per heavy atom. The van der Waals surface area contributed by atoms with Crippen molar-refractivity contribution in [2.24, 2.45) is 5.92 Å². The summed E-state index contributed by atoms with van der Waals surface area (Å²) in [4.78, 5) is 0. The zero-order valence-corrected chi connectivity index (χ0v) is 15.5. The first kappa shape index (κ1) is 18.2. The minimum Gasteiger partial charge on any atom is -0.489 e. The van der Waals surface area contributed by atoms with E-state index in [-0.39, 0.29) is 6.61 Å². The van der Waals surface area contributed by atoms with Crippen molar-refractivity contribution in [3.63, 3.8) is 0 Å². The maximum absolute atomic E-state index is 9.61. The topological polar surface area (TPSA) is 29.5 Å². The van der Waals surface area contributed by atoms with Crippen LogP contribution in [0, 0.1) is 5.92 Å². The SMILES string of the molecule is CC(C)Cc1ccc(-c2cc(CO)cc(OCc3ccccc3)c2)cc1. The second kappa shape index (κ2) is 8.68. The van der Waals surface area contributed by atoms with E-state index in [0.717, 1.165) is 34.4 Å². The summed E-state index contributed by atoms with van der Waals surface area (Å²) >= 11 is 0. The van der Waals surface area contributed by atoms with Gasteiger partial charge in [-0.3, -0.25) is 0 Å². The van der Waals surface area contributed by atoms with E-state index >= 15 is 0 Å². The van der Waals surface area contributed by atoms with Crippen molar-refractivity contribution in [3.05, 3.63) is 89.5 Å². The molecule has 0 saturated carbocycles. The molecule has 0 fully saturated rings. The van der Waals surface area contributed by atoms with Crippen molar-refractivity contribution in [1.29, 1.82) is 0 Å². The van der Waals surface area contributed by atoms with E-state index < -0.39 is 0 Å². The fourth-order valence-electron chi connectivity index (χ4n) is 3.05. The lowest BCUT2D eigenvalue weighted by molar-refractivity contribution is 0.278. The Balaban J connectivity index is 1.80. The van der Waals surface area contributed by atoms with Crippen LogP contribution >= 0.6 is 0 Å². The van der Waals surface area contributed by atoms with Gasteiger partial charge in [0.25, 0.3) is 0 Å². The monoisotopic (exact) mass is 346 g/mol. The van der Waals surface area contributed by atoms with Crippen LogP contribution in [0.15, 0.2) is 72.8 Å². The third kappa shape index (κ3) is 4.96. The summed E-state index contributed by atoms with van der Waals surface area (Å²) in [6.07, 6.45) is 1.09. The molecule has 3 aromatic rings. The zero-order valence-electron chi connectivity index (χ0n) is 15.5. The summed E-state index contributed by atoms with van der Waals surface area (Å²) in [5.41, 5.74) is 5.54. The summed E-state index contributed by atoms with van der Waals surface area (Å²) in [5, 5.41) is 9.61. The van der Waals surface area contributed by atoms with Crippen molar-refractivity contribution in [3.8, 4) is 16.9 Å². The summed E-state index contributed by atoms with van der Waals surface area (Å²) in [7, 11) is 0. The summed E-state index contributed by atoms with van der Waals surface area (Å²) < 4.78 is 5.96. The molecule has 2 heteroatoms. The number of rotatable bonds is 7. The molecule has 0 aliphatic rings. The smallest absolute Gasteiger partial charge is 0.120 e. The number of ether oxygens (including phenoxy) is 1. The molecule has 0 saturated heterocycles. The van der Waals surface area contributed by atoms with E-state index in [2.05, 4.69) is 38.1 Å². The van der Waals surface area contributed by atoms with Gasteiger partial charge in [0.15, 0.2) is 0 Å². The lowest BCUT2D eigenvalue weighted by atomic mass is 9.98. The largest absolute Gasteiger partial charge is 0.489 e. The molecule has 1 N–H and O–H groups in total. The van der Waals surface area contributed by atoms with Crippen molar-refractivity contribution in [2.75, 3.05) is 0 Å². The predicted octanol–water partition coefficient (Wildman–Crippen LogP) is 5.62. The third-order valence-electron chi connectivity index (χ3n) is 4.33.